The Morgan fingerprint density at radius 2 is 2.20 bits per heavy atom. The Labute approximate surface area is 118 Å². The van der Waals surface area contributed by atoms with E-state index in [2.05, 4.69) is 10.4 Å². The van der Waals surface area contributed by atoms with Crippen LogP contribution in [0, 0.1) is 0 Å². The van der Waals surface area contributed by atoms with Crippen molar-refractivity contribution in [1.29, 1.82) is 0 Å². The highest BCUT2D eigenvalue weighted by atomic mass is 16.1. The van der Waals surface area contributed by atoms with E-state index in [1.54, 1.807) is 4.68 Å². The largest absolute Gasteiger partial charge is 0.352 e. The van der Waals surface area contributed by atoms with Crippen molar-refractivity contribution in [2.24, 2.45) is 12.8 Å². The fourth-order valence-electron chi connectivity index (χ4n) is 2.07. The van der Waals surface area contributed by atoms with Crippen LogP contribution < -0.4 is 11.1 Å². The first kappa shape index (κ1) is 14.3. The van der Waals surface area contributed by atoms with Gasteiger partial charge in [0.1, 0.15) is 0 Å². The molecule has 1 heterocycles. The summed E-state index contributed by atoms with van der Waals surface area (Å²) >= 11 is 0. The van der Waals surface area contributed by atoms with Crippen molar-refractivity contribution >= 4 is 5.91 Å². The number of amides is 1. The molecule has 0 saturated carbocycles. The normalized spacial score (nSPS) is 12.2. The number of aromatic nitrogens is 2. The van der Waals surface area contributed by atoms with Gasteiger partial charge < -0.3 is 11.1 Å². The first-order valence-corrected chi connectivity index (χ1v) is 6.65. The Kier molecular flexibility index (Phi) is 4.53. The van der Waals surface area contributed by atoms with Crippen LogP contribution >= 0.6 is 0 Å². The van der Waals surface area contributed by atoms with Crippen molar-refractivity contribution in [3.63, 3.8) is 0 Å². The van der Waals surface area contributed by atoms with Crippen LogP contribution in [0.2, 0.25) is 0 Å². The van der Waals surface area contributed by atoms with Gasteiger partial charge >= 0.3 is 0 Å². The quantitative estimate of drug-likeness (QED) is 0.865. The molecule has 0 aliphatic heterocycles. The van der Waals surface area contributed by atoms with Crippen molar-refractivity contribution in [2.45, 2.75) is 25.9 Å². The van der Waals surface area contributed by atoms with E-state index < -0.39 is 0 Å². The molecule has 0 aliphatic rings. The minimum Gasteiger partial charge on any atom is -0.352 e. The summed E-state index contributed by atoms with van der Waals surface area (Å²) in [6.07, 6.45) is 4.13. The lowest BCUT2D eigenvalue weighted by molar-refractivity contribution is -0.121. The van der Waals surface area contributed by atoms with E-state index in [-0.39, 0.29) is 11.9 Å². The van der Waals surface area contributed by atoms with E-state index in [1.807, 2.05) is 50.6 Å². The van der Waals surface area contributed by atoms with Crippen molar-refractivity contribution in [3.05, 3.63) is 42.2 Å². The number of nitrogens with one attached hydrogen (secondary N) is 1. The van der Waals surface area contributed by atoms with Crippen LogP contribution in [0.1, 0.15) is 18.9 Å². The van der Waals surface area contributed by atoms with Gasteiger partial charge in [0.05, 0.1) is 6.20 Å². The first-order chi connectivity index (χ1) is 9.56. The molecule has 106 valence electrons. The maximum Gasteiger partial charge on any atom is 0.221 e. The number of carbonyl (C=O) groups is 1. The number of carbonyl (C=O) groups excluding carboxylic acids is 1. The molecule has 20 heavy (non-hydrogen) atoms. The van der Waals surface area contributed by atoms with Gasteiger partial charge in [0.2, 0.25) is 5.91 Å². The molecule has 1 aromatic heterocycles. The Balaban J connectivity index is 2.11. The topological polar surface area (TPSA) is 72.9 Å². The molecule has 0 fully saturated rings. The number of rotatable bonds is 5. The summed E-state index contributed by atoms with van der Waals surface area (Å²) < 4.78 is 1.76. The van der Waals surface area contributed by atoms with Crippen LogP contribution in [0.25, 0.3) is 11.1 Å². The Hall–Kier alpha value is -2.14. The van der Waals surface area contributed by atoms with Crippen LogP contribution in [0.15, 0.2) is 36.7 Å². The molecule has 1 unspecified atom stereocenters. The Bertz CT molecular complexity index is 589. The lowest BCUT2D eigenvalue weighted by Gasteiger charge is -2.10. The van der Waals surface area contributed by atoms with Gasteiger partial charge in [-0.25, -0.2) is 0 Å². The predicted molar refractivity (Wildman–Crippen MR) is 78.8 cm³/mol. The minimum atomic E-state index is -0.122. The van der Waals surface area contributed by atoms with Gasteiger partial charge in [0.15, 0.2) is 0 Å². The van der Waals surface area contributed by atoms with Crippen LogP contribution in [0.5, 0.6) is 0 Å². The summed E-state index contributed by atoms with van der Waals surface area (Å²) in [7, 11) is 1.89. The highest BCUT2D eigenvalue weighted by molar-refractivity contribution is 5.77. The molecule has 1 amide bonds. The number of hydrogen-bond acceptors (Lipinski definition) is 3. The lowest BCUT2D eigenvalue weighted by Crippen LogP contribution is -2.29. The van der Waals surface area contributed by atoms with Gasteiger partial charge in [-0.1, -0.05) is 24.3 Å². The van der Waals surface area contributed by atoms with E-state index in [4.69, 9.17) is 5.73 Å². The van der Waals surface area contributed by atoms with E-state index in [0.29, 0.717) is 13.0 Å². The average Bonchev–Trinajstić information content (AvgIpc) is 2.82. The van der Waals surface area contributed by atoms with Gasteiger partial charge in [0.25, 0.3) is 0 Å². The lowest BCUT2D eigenvalue weighted by atomic mass is 10.0. The monoisotopic (exact) mass is 272 g/mol. The van der Waals surface area contributed by atoms with Crippen LogP contribution in [-0.2, 0) is 18.4 Å². The molecule has 2 rings (SSSR count). The zero-order valence-corrected chi connectivity index (χ0v) is 11.8. The van der Waals surface area contributed by atoms with Crippen molar-refractivity contribution in [1.82, 2.24) is 15.1 Å². The van der Waals surface area contributed by atoms with Gasteiger partial charge in [-0.3, -0.25) is 9.48 Å². The SMILES string of the molecule is CC(N)CC(=O)NCc1ccccc1-c1cnn(C)c1. The second-order valence-electron chi connectivity index (χ2n) is 5.02. The van der Waals surface area contributed by atoms with Crippen molar-refractivity contribution in [3.8, 4) is 11.1 Å². The van der Waals surface area contributed by atoms with E-state index in [1.165, 1.54) is 0 Å². The Morgan fingerprint density at radius 1 is 1.45 bits per heavy atom. The van der Waals surface area contributed by atoms with E-state index in [0.717, 1.165) is 16.7 Å². The van der Waals surface area contributed by atoms with Gasteiger partial charge in [-0.15, -0.1) is 0 Å². The highest BCUT2D eigenvalue weighted by Crippen LogP contribution is 2.22. The second-order valence-corrected chi connectivity index (χ2v) is 5.02. The second kappa shape index (κ2) is 6.34. The Morgan fingerprint density at radius 3 is 2.85 bits per heavy atom. The smallest absolute Gasteiger partial charge is 0.221 e. The van der Waals surface area contributed by atoms with Gasteiger partial charge in [-0.2, -0.15) is 5.10 Å². The minimum absolute atomic E-state index is 0.0269. The van der Waals surface area contributed by atoms with E-state index in [9.17, 15) is 4.79 Å². The molecular formula is C15H20N4O. The van der Waals surface area contributed by atoms with E-state index >= 15 is 0 Å². The summed E-state index contributed by atoms with van der Waals surface area (Å²) in [6, 6.07) is 7.87. The van der Waals surface area contributed by atoms with Crippen molar-refractivity contribution < 1.29 is 4.79 Å². The zero-order valence-electron chi connectivity index (χ0n) is 11.8. The predicted octanol–water partition coefficient (Wildman–Crippen LogP) is 1.44. The fraction of sp³-hybridized carbons (Fsp3) is 0.333. The third-order valence-electron chi connectivity index (χ3n) is 3.02. The number of aryl methyl sites for hydroxylation is 1. The van der Waals surface area contributed by atoms with Crippen LogP contribution in [0.4, 0.5) is 0 Å². The third-order valence-corrected chi connectivity index (χ3v) is 3.02. The molecule has 3 N–H and O–H groups in total. The molecule has 5 nitrogen and oxygen atoms in total. The number of nitrogens with zero attached hydrogens (tertiary/aromatic N) is 2. The first-order valence-electron chi connectivity index (χ1n) is 6.65. The molecule has 0 aliphatic carbocycles. The molecule has 0 bridgehead atoms. The molecular weight excluding hydrogens is 252 g/mol. The summed E-state index contributed by atoms with van der Waals surface area (Å²) in [4.78, 5) is 11.7. The summed E-state index contributed by atoms with van der Waals surface area (Å²) in [5, 5.41) is 7.08. The molecule has 0 saturated heterocycles. The maximum atomic E-state index is 11.7. The number of hydrogen-bond donors (Lipinski definition) is 2. The number of nitrogens with two attached hydrogens (primary N) is 1. The summed E-state index contributed by atoms with van der Waals surface area (Å²) in [6.45, 7) is 2.32. The van der Waals surface area contributed by atoms with Crippen LogP contribution in [0.3, 0.4) is 0 Å². The number of benzene rings is 1. The molecule has 5 heteroatoms. The molecule has 1 aromatic carbocycles. The fourth-order valence-corrected chi connectivity index (χ4v) is 2.07. The summed E-state index contributed by atoms with van der Waals surface area (Å²) in [5.74, 6) is -0.0269. The van der Waals surface area contributed by atoms with Crippen LogP contribution in [-0.4, -0.2) is 21.7 Å². The highest BCUT2D eigenvalue weighted by Gasteiger charge is 2.09. The molecule has 2 aromatic rings. The molecule has 0 spiro atoms. The standard InChI is InChI=1S/C15H20N4O/c1-11(16)7-15(20)17-8-12-5-3-4-6-14(12)13-9-18-19(2)10-13/h3-6,9-11H,7-8,16H2,1-2H3,(H,17,20). The zero-order chi connectivity index (χ0) is 14.5. The van der Waals surface area contributed by atoms with Gasteiger partial charge in [-0.05, 0) is 18.1 Å². The third kappa shape index (κ3) is 3.68. The van der Waals surface area contributed by atoms with Gasteiger partial charge in [0, 0.05) is 37.8 Å². The average molecular weight is 272 g/mol. The van der Waals surface area contributed by atoms with Crippen molar-refractivity contribution in [2.75, 3.05) is 0 Å². The maximum absolute atomic E-state index is 11.7. The molecule has 0 radical (unpaired) electrons. The summed E-state index contributed by atoms with van der Waals surface area (Å²) in [5.41, 5.74) is 8.81. The molecule has 1 atom stereocenters.